The molecular formula is C20H18N4O2. The fourth-order valence-electron chi connectivity index (χ4n) is 3.11. The monoisotopic (exact) mass is 346 g/mol. The average molecular weight is 346 g/mol. The number of hydrogen-bond acceptors (Lipinski definition) is 3. The Morgan fingerprint density at radius 1 is 1.08 bits per heavy atom. The van der Waals surface area contributed by atoms with Gasteiger partial charge < -0.3 is 9.88 Å². The molecule has 1 N–H and O–H groups in total. The predicted octanol–water partition coefficient (Wildman–Crippen LogP) is 2.92. The lowest BCUT2D eigenvalue weighted by atomic mass is 10.2. The van der Waals surface area contributed by atoms with E-state index in [-0.39, 0.29) is 24.4 Å². The molecule has 4 rings (SSSR count). The number of nitrogens with zero attached hydrogens (tertiary/aromatic N) is 3. The number of anilines is 1. The number of rotatable bonds is 4. The molecule has 1 amide bonds. The van der Waals surface area contributed by atoms with Gasteiger partial charge in [0.05, 0.1) is 22.9 Å². The summed E-state index contributed by atoms with van der Waals surface area (Å²) in [5.74, 6) is -0.138. The van der Waals surface area contributed by atoms with Crippen LogP contribution in [0.4, 0.5) is 5.69 Å². The summed E-state index contributed by atoms with van der Waals surface area (Å²) >= 11 is 0. The quantitative estimate of drug-likeness (QED) is 0.618. The molecule has 130 valence electrons. The maximum atomic E-state index is 12.5. The largest absolute Gasteiger partial charge is 0.350 e. The van der Waals surface area contributed by atoms with E-state index in [1.165, 1.54) is 10.9 Å². The van der Waals surface area contributed by atoms with Gasteiger partial charge in [0.25, 0.3) is 5.56 Å². The molecule has 26 heavy (non-hydrogen) atoms. The number of carbonyl (C=O) groups excluding carboxylic acids is 1. The first kappa shape index (κ1) is 16.1. The van der Waals surface area contributed by atoms with Crippen molar-refractivity contribution in [2.45, 2.75) is 13.0 Å². The van der Waals surface area contributed by atoms with Gasteiger partial charge in [0.2, 0.25) is 5.91 Å². The molecule has 0 radical (unpaired) electrons. The van der Waals surface area contributed by atoms with Crippen LogP contribution in [-0.4, -0.2) is 20.0 Å². The van der Waals surface area contributed by atoms with Crippen LogP contribution >= 0.6 is 0 Å². The second-order valence-corrected chi connectivity index (χ2v) is 6.22. The van der Waals surface area contributed by atoms with Gasteiger partial charge in [0, 0.05) is 37.1 Å². The van der Waals surface area contributed by atoms with E-state index in [1.807, 2.05) is 54.2 Å². The first-order chi connectivity index (χ1) is 12.6. The van der Waals surface area contributed by atoms with E-state index >= 15 is 0 Å². The number of para-hydroxylation sites is 1. The molecule has 0 aliphatic carbocycles. The maximum absolute atomic E-state index is 12.5. The summed E-state index contributed by atoms with van der Waals surface area (Å²) in [7, 11) is 1.97. The van der Waals surface area contributed by atoms with E-state index in [1.54, 1.807) is 12.1 Å². The van der Waals surface area contributed by atoms with Crippen molar-refractivity contribution >= 4 is 33.4 Å². The number of benzene rings is 2. The minimum absolute atomic E-state index is 0.131. The molecule has 6 heteroatoms. The van der Waals surface area contributed by atoms with Crippen LogP contribution in [0.5, 0.6) is 0 Å². The summed E-state index contributed by atoms with van der Waals surface area (Å²) < 4.78 is 3.48. The van der Waals surface area contributed by atoms with E-state index in [0.717, 1.165) is 16.6 Å². The number of amides is 1. The Balaban J connectivity index is 1.51. The van der Waals surface area contributed by atoms with Crippen molar-refractivity contribution in [3.8, 4) is 0 Å². The molecule has 4 aromatic rings. The number of aromatic nitrogens is 3. The minimum Gasteiger partial charge on any atom is -0.350 e. The van der Waals surface area contributed by atoms with Gasteiger partial charge in [-0.15, -0.1) is 0 Å². The van der Waals surface area contributed by atoms with Crippen LogP contribution < -0.4 is 10.9 Å². The molecule has 0 saturated carbocycles. The smallest absolute Gasteiger partial charge is 0.261 e. The topological polar surface area (TPSA) is 68.9 Å². The number of nitrogens with one attached hydrogen (secondary N) is 1. The van der Waals surface area contributed by atoms with Gasteiger partial charge in [-0.25, -0.2) is 4.98 Å². The molecule has 2 aromatic heterocycles. The Morgan fingerprint density at radius 3 is 2.81 bits per heavy atom. The summed E-state index contributed by atoms with van der Waals surface area (Å²) in [4.78, 5) is 29.1. The van der Waals surface area contributed by atoms with E-state index in [2.05, 4.69) is 10.3 Å². The standard InChI is InChI=1S/C20H18N4O2/c1-23-11-9-14-17(7-4-8-18(14)23)22-19(25)10-12-24-13-21-16-6-3-2-5-15(16)20(24)26/h2-9,11,13H,10,12H2,1H3,(H,22,25). The first-order valence-corrected chi connectivity index (χ1v) is 8.41. The van der Waals surface area contributed by atoms with Gasteiger partial charge in [-0.1, -0.05) is 18.2 Å². The fraction of sp³-hybridized carbons (Fsp3) is 0.150. The second-order valence-electron chi connectivity index (χ2n) is 6.22. The second kappa shape index (κ2) is 6.48. The van der Waals surface area contributed by atoms with Gasteiger partial charge in [-0.05, 0) is 30.3 Å². The van der Waals surface area contributed by atoms with E-state index < -0.39 is 0 Å². The van der Waals surface area contributed by atoms with Crippen LogP contribution in [0.2, 0.25) is 0 Å². The zero-order chi connectivity index (χ0) is 18.1. The highest BCUT2D eigenvalue weighted by Crippen LogP contribution is 2.23. The molecule has 0 saturated heterocycles. The van der Waals surface area contributed by atoms with Crippen molar-refractivity contribution in [3.05, 3.63) is 71.4 Å². The summed E-state index contributed by atoms with van der Waals surface area (Å²) in [6, 6.07) is 15.0. The molecule has 6 nitrogen and oxygen atoms in total. The van der Waals surface area contributed by atoms with Crippen LogP contribution in [0, 0.1) is 0 Å². The molecular weight excluding hydrogens is 328 g/mol. The normalized spacial score (nSPS) is 11.1. The molecule has 0 unspecified atom stereocenters. The highest BCUT2D eigenvalue weighted by molar-refractivity contribution is 6.01. The molecule has 0 fully saturated rings. The van der Waals surface area contributed by atoms with Gasteiger partial charge in [0.1, 0.15) is 0 Å². The molecule has 2 heterocycles. The lowest BCUT2D eigenvalue weighted by Gasteiger charge is -2.09. The highest BCUT2D eigenvalue weighted by Gasteiger charge is 2.09. The van der Waals surface area contributed by atoms with E-state index in [9.17, 15) is 9.59 Å². The summed E-state index contributed by atoms with van der Waals surface area (Å²) in [5.41, 5.74) is 2.36. The van der Waals surface area contributed by atoms with Gasteiger partial charge in [0.15, 0.2) is 0 Å². The van der Waals surface area contributed by atoms with Crippen molar-refractivity contribution in [1.29, 1.82) is 0 Å². The predicted molar refractivity (Wildman–Crippen MR) is 102 cm³/mol. The number of carbonyl (C=O) groups is 1. The third-order valence-corrected chi connectivity index (χ3v) is 4.51. The van der Waals surface area contributed by atoms with Crippen molar-refractivity contribution in [2.24, 2.45) is 7.05 Å². The molecule has 0 spiro atoms. The van der Waals surface area contributed by atoms with Gasteiger partial charge in [-0.3, -0.25) is 14.2 Å². The van der Waals surface area contributed by atoms with Crippen molar-refractivity contribution < 1.29 is 4.79 Å². The van der Waals surface area contributed by atoms with Crippen molar-refractivity contribution in [3.63, 3.8) is 0 Å². The molecule has 0 atom stereocenters. The molecule has 0 aliphatic heterocycles. The zero-order valence-corrected chi connectivity index (χ0v) is 14.3. The lowest BCUT2D eigenvalue weighted by molar-refractivity contribution is -0.116. The zero-order valence-electron chi connectivity index (χ0n) is 14.3. The Morgan fingerprint density at radius 2 is 1.92 bits per heavy atom. The number of aryl methyl sites for hydroxylation is 2. The highest BCUT2D eigenvalue weighted by atomic mass is 16.2. The van der Waals surface area contributed by atoms with Crippen LogP contribution in [0.3, 0.4) is 0 Å². The van der Waals surface area contributed by atoms with Gasteiger partial charge in [-0.2, -0.15) is 0 Å². The van der Waals surface area contributed by atoms with Crippen molar-refractivity contribution in [2.75, 3.05) is 5.32 Å². The third kappa shape index (κ3) is 2.86. The Kier molecular flexibility index (Phi) is 4.01. The third-order valence-electron chi connectivity index (χ3n) is 4.51. The van der Waals surface area contributed by atoms with E-state index in [4.69, 9.17) is 0 Å². The van der Waals surface area contributed by atoms with Crippen LogP contribution in [-0.2, 0) is 18.4 Å². The number of fused-ring (bicyclic) bond motifs is 2. The summed E-state index contributed by atoms with van der Waals surface area (Å²) in [5, 5.41) is 4.49. The van der Waals surface area contributed by atoms with Crippen LogP contribution in [0.15, 0.2) is 65.8 Å². The van der Waals surface area contributed by atoms with Crippen LogP contribution in [0.1, 0.15) is 6.42 Å². The average Bonchev–Trinajstić information content (AvgIpc) is 3.04. The summed E-state index contributed by atoms with van der Waals surface area (Å²) in [6.45, 7) is 0.285. The SMILES string of the molecule is Cn1ccc2c(NC(=O)CCn3cnc4ccccc4c3=O)cccc21. The molecule has 0 bridgehead atoms. The Bertz CT molecular complexity index is 1170. The maximum Gasteiger partial charge on any atom is 0.261 e. The fourth-order valence-corrected chi connectivity index (χ4v) is 3.11. The first-order valence-electron chi connectivity index (χ1n) is 8.41. The molecule has 2 aromatic carbocycles. The van der Waals surface area contributed by atoms with Crippen LogP contribution in [0.25, 0.3) is 21.8 Å². The summed E-state index contributed by atoms with van der Waals surface area (Å²) in [6.07, 6.45) is 3.65. The Hall–Kier alpha value is -3.41. The molecule has 0 aliphatic rings. The van der Waals surface area contributed by atoms with E-state index in [0.29, 0.717) is 10.9 Å². The van der Waals surface area contributed by atoms with Crippen molar-refractivity contribution in [1.82, 2.24) is 14.1 Å². The van der Waals surface area contributed by atoms with Gasteiger partial charge >= 0.3 is 0 Å². The lowest BCUT2D eigenvalue weighted by Crippen LogP contribution is -2.23. The number of hydrogen-bond donors (Lipinski definition) is 1. The minimum atomic E-state index is -0.138. The Labute approximate surface area is 149 Å².